The molecule has 2 rings (SSSR count). The summed E-state index contributed by atoms with van der Waals surface area (Å²) in [6, 6.07) is 9.97. The number of carbonyl (C=O) groups is 1. The summed E-state index contributed by atoms with van der Waals surface area (Å²) >= 11 is 0. The average Bonchev–Trinajstić information content (AvgIpc) is 3.10. The van der Waals surface area contributed by atoms with Crippen LogP contribution < -0.4 is 5.73 Å². The molecule has 18 heavy (non-hydrogen) atoms. The first kappa shape index (κ1) is 12.9. The van der Waals surface area contributed by atoms with Crippen molar-refractivity contribution in [3.05, 3.63) is 35.9 Å². The second-order valence-electron chi connectivity index (χ2n) is 4.74. The van der Waals surface area contributed by atoms with Crippen LogP contribution in [0.2, 0.25) is 0 Å². The van der Waals surface area contributed by atoms with Crippen LogP contribution in [0, 0.1) is 5.92 Å². The zero-order valence-corrected chi connectivity index (χ0v) is 10.7. The van der Waals surface area contributed by atoms with Gasteiger partial charge in [0.25, 0.3) is 0 Å². The molecule has 2 N–H and O–H groups in total. The highest BCUT2D eigenvalue weighted by atomic mass is 16.6. The van der Waals surface area contributed by atoms with Crippen molar-refractivity contribution in [1.29, 1.82) is 0 Å². The van der Waals surface area contributed by atoms with Crippen molar-refractivity contribution >= 4 is 6.09 Å². The zero-order valence-electron chi connectivity index (χ0n) is 10.7. The lowest BCUT2D eigenvalue weighted by molar-refractivity contribution is 0.0962. The number of amides is 1. The molecule has 0 aliphatic heterocycles. The Hall–Kier alpha value is -1.55. The van der Waals surface area contributed by atoms with Gasteiger partial charge < -0.3 is 15.4 Å². The summed E-state index contributed by atoms with van der Waals surface area (Å²) in [5.41, 5.74) is 6.76. The highest BCUT2D eigenvalue weighted by molar-refractivity contribution is 5.67. The molecule has 1 saturated carbocycles. The van der Waals surface area contributed by atoms with E-state index in [2.05, 4.69) is 0 Å². The topological polar surface area (TPSA) is 55.6 Å². The first-order valence-corrected chi connectivity index (χ1v) is 6.42. The number of rotatable bonds is 5. The molecule has 1 aliphatic carbocycles. The van der Waals surface area contributed by atoms with E-state index >= 15 is 0 Å². The van der Waals surface area contributed by atoms with E-state index in [1.165, 1.54) is 0 Å². The van der Waals surface area contributed by atoms with Crippen molar-refractivity contribution in [2.24, 2.45) is 11.7 Å². The fourth-order valence-electron chi connectivity index (χ4n) is 1.91. The molecule has 2 atom stereocenters. The van der Waals surface area contributed by atoms with E-state index in [0.717, 1.165) is 12.0 Å². The fraction of sp³-hybridized carbons (Fsp3) is 0.500. The third-order valence-corrected chi connectivity index (χ3v) is 3.28. The maximum Gasteiger partial charge on any atom is 0.410 e. The van der Waals surface area contributed by atoms with Gasteiger partial charge in [-0.3, -0.25) is 0 Å². The SMILES string of the molecule is CCN(C[C@H]1C[C@@H]1N)C(=O)OCc1ccccc1. The van der Waals surface area contributed by atoms with Gasteiger partial charge in [0.2, 0.25) is 0 Å². The Morgan fingerprint density at radius 2 is 2.11 bits per heavy atom. The first-order valence-electron chi connectivity index (χ1n) is 6.42. The predicted molar refractivity (Wildman–Crippen MR) is 70.0 cm³/mol. The Bertz CT molecular complexity index is 394. The van der Waals surface area contributed by atoms with Crippen LogP contribution in [0.3, 0.4) is 0 Å². The Morgan fingerprint density at radius 3 is 2.67 bits per heavy atom. The third kappa shape index (κ3) is 3.47. The molecule has 0 heterocycles. The molecule has 1 aliphatic rings. The highest BCUT2D eigenvalue weighted by Gasteiger charge is 2.35. The van der Waals surface area contributed by atoms with Crippen LogP contribution >= 0.6 is 0 Å². The van der Waals surface area contributed by atoms with Gasteiger partial charge in [-0.25, -0.2) is 4.79 Å². The summed E-state index contributed by atoms with van der Waals surface area (Å²) in [5, 5.41) is 0. The molecule has 1 aromatic carbocycles. The van der Waals surface area contributed by atoms with E-state index in [-0.39, 0.29) is 12.1 Å². The average molecular weight is 248 g/mol. The summed E-state index contributed by atoms with van der Waals surface area (Å²) in [4.78, 5) is 13.6. The van der Waals surface area contributed by atoms with Gasteiger partial charge in [-0.15, -0.1) is 0 Å². The van der Waals surface area contributed by atoms with Gasteiger partial charge in [-0.05, 0) is 24.8 Å². The van der Waals surface area contributed by atoms with Gasteiger partial charge in [-0.1, -0.05) is 30.3 Å². The molecule has 4 heteroatoms. The summed E-state index contributed by atoms with van der Waals surface area (Å²) in [7, 11) is 0. The Labute approximate surface area is 108 Å². The molecular weight excluding hydrogens is 228 g/mol. The number of hydrogen-bond donors (Lipinski definition) is 1. The van der Waals surface area contributed by atoms with E-state index in [1.807, 2.05) is 37.3 Å². The monoisotopic (exact) mass is 248 g/mol. The van der Waals surface area contributed by atoms with Crippen molar-refractivity contribution in [2.75, 3.05) is 13.1 Å². The molecule has 0 aromatic heterocycles. The van der Waals surface area contributed by atoms with Gasteiger partial charge >= 0.3 is 6.09 Å². The zero-order chi connectivity index (χ0) is 13.0. The molecule has 0 radical (unpaired) electrons. The van der Waals surface area contributed by atoms with Crippen LogP contribution in [0.1, 0.15) is 18.9 Å². The standard InChI is InChI=1S/C14H20N2O2/c1-2-16(9-12-8-13(12)15)14(17)18-10-11-6-4-3-5-7-11/h3-7,12-13H,2,8-10,15H2,1H3/t12-,13+/m1/s1. The molecule has 0 saturated heterocycles. The molecule has 1 amide bonds. The van der Waals surface area contributed by atoms with Crippen molar-refractivity contribution in [1.82, 2.24) is 4.90 Å². The summed E-state index contributed by atoms with van der Waals surface area (Å²) in [6.07, 6.45) is 0.767. The Balaban J connectivity index is 1.78. The maximum atomic E-state index is 11.9. The molecule has 1 fully saturated rings. The number of hydrogen-bond acceptors (Lipinski definition) is 3. The van der Waals surface area contributed by atoms with Gasteiger partial charge in [0.1, 0.15) is 6.61 Å². The minimum Gasteiger partial charge on any atom is -0.445 e. The molecule has 98 valence electrons. The summed E-state index contributed by atoms with van der Waals surface area (Å²) in [6.45, 7) is 3.66. The fourth-order valence-corrected chi connectivity index (χ4v) is 1.91. The second-order valence-corrected chi connectivity index (χ2v) is 4.74. The van der Waals surface area contributed by atoms with Gasteiger partial charge in [0, 0.05) is 19.1 Å². The lowest BCUT2D eigenvalue weighted by Crippen LogP contribution is -2.34. The van der Waals surface area contributed by atoms with Gasteiger partial charge in [-0.2, -0.15) is 0 Å². The van der Waals surface area contributed by atoms with E-state index in [0.29, 0.717) is 25.6 Å². The lowest BCUT2D eigenvalue weighted by Gasteiger charge is -2.20. The van der Waals surface area contributed by atoms with Crippen LogP contribution in [-0.2, 0) is 11.3 Å². The smallest absolute Gasteiger partial charge is 0.410 e. The van der Waals surface area contributed by atoms with Crippen LogP contribution in [0.5, 0.6) is 0 Å². The minimum atomic E-state index is -0.250. The van der Waals surface area contributed by atoms with Crippen LogP contribution in [-0.4, -0.2) is 30.1 Å². The predicted octanol–water partition coefficient (Wildman–Crippen LogP) is 1.99. The number of benzene rings is 1. The summed E-state index contributed by atoms with van der Waals surface area (Å²) in [5.74, 6) is 0.453. The normalized spacial score (nSPS) is 21.4. The highest BCUT2D eigenvalue weighted by Crippen LogP contribution is 2.28. The van der Waals surface area contributed by atoms with Crippen molar-refractivity contribution in [3.8, 4) is 0 Å². The number of nitrogens with two attached hydrogens (primary N) is 1. The molecular formula is C14H20N2O2. The van der Waals surface area contributed by atoms with E-state index in [9.17, 15) is 4.79 Å². The molecule has 4 nitrogen and oxygen atoms in total. The first-order chi connectivity index (χ1) is 8.70. The van der Waals surface area contributed by atoms with Crippen molar-refractivity contribution < 1.29 is 9.53 Å². The van der Waals surface area contributed by atoms with Crippen LogP contribution in [0.15, 0.2) is 30.3 Å². The largest absolute Gasteiger partial charge is 0.445 e. The van der Waals surface area contributed by atoms with E-state index in [1.54, 1.807) is 4.90 Å². The molecule has 0 unspecified atom stereocenters. The quantitative estimate of drug-likeness (QED) is 0.867. The van der Waals surface area contributed by atoms with Crippen molar-refractivity contribution in [3.63, 3.8) is 0 Å². The number of carbonyl (C=O) groups excluding carboxylic acids is 1. The van der Waals surface area contributed by atoms with Gasteiger partial charge in [0.05, 0.1) is 0 Å². The third-order valence-electron chi connectivity index (χ3n) is 3.28. The summed E-state index contributed by atoms with van der Waals surface area (Å²) < 4.78 is 5.29. The van der Waals surface area contributed by atoms with Crippen LogP contribution in [0.25, 0.3) is 0 Å². The van der Waals surface area contributed by atoms with E-state index in [4.69, 9.17) is 10.5 Å². The molecule has 0 bridgehead atoms. The Morgan fingerprint density at radius 1 is 1.44 bits per heavy atom. The maximum absolute atomic E-state index is 11.9. The van der Waals surface area contributed by atoms with Gasteiger partial charge in [0.15, 0.2) is 0 Å². The second kappa shape index (κ2) is 5.87. The van der Waals surface area contributed by atoms with Crippen LogP contribution in [0.4, 0.5) is 4.79 Å². The Kier molecular flexibility index (Phi) is 4.20. The molecule has 0 spiro atoms. The minimum absolute atomic E-state index is 0.250. The van der Waals surface area contributed by atoms with Crippen molar-refractivity contribution in [2.45, 2.75) is 26.0 Å². The molecule has 1 aromatic rings. The van der Waals surface area contributed by atoms with E-state index < -0.39 is 0 Å². The number of nitrogens with zero attached hydrogens (tertiary/aromatic N) is 1. The number of ether oxygens (including phenoxy) is 1. The lowest BCUT2D eigenvalue weighted by atomic mass is 10.2.